The van der Waals surface area contributed by atoms with E-state index < -0.39 is 12.0 Å². The van der Waals surface area contributed by atoms with Crippen LogP contribution in [0.1, 0.15) is 48.9 Å². The van der Waals surface area contributed by atoms with Gasteiger partial charge in [0.05, 0.1) is 12.1 Å². The number of nitrogens with two attached hydrogens (primary N) is 1. The third-order valence-electron chi connectivity index (χ3n) is 7.28. The van der Waals surface area contributed by atoms with E-state index in [0.29, 0.717) is 24.3 Å². The molecule has 8 heteroatoms. The minimum Gasteiger partial charge on any atom is -0.333 e. The highest BCUT2D eigenvalue weighted by molar-refractivity contribution is 5.95. The molecule has 6 atom stereocenters. The molecule has 2 bridgehead atoms. The number of halogens is 1. The molecule has 0 aromatic carbocycles. The van der Waals surface area contributed by atoms with Crippen LogP contribution in [0, 0.1) is 29.1 Å². The van der Waals surface area contributed by atoms with E-state index in [2.05, 4.69) is 11.1 Å². The van der Waals surface area contributed by atoms with Crippen LogP contribution < -0.4 is 5.73 Å². The van der Waals surface area contributed by atoms with E-state index in [9.17, 15) is 19.2 Å². The van der Waals surface area contributed by atoms with Crippen molar-refractivity contribution in [2.24, 2.45) is 17.6 Å². The van der Waals surface area contributed by atoms with Gasteiger partial charge in [0.15, 0.2) is 0 Å². The zero-order valence-corrected chi connectivity index (χ0v) is 16.1. The van der Waals surface area contributed by atoms with Gasteiger partial charge in [-0.25, -0.2) is 4.98 Å². The standard InChI is InChI=1S/C21H24FN5O2/c22-18-9-11(3-4-25-18)20(28)26-14-1-2-15(26)7-13(6-14)19(24)21(29)27-16(10-23)5-12-8-17(12)27/h3-4,9,12-17,19H,1-2,5-8,24H2/t12-,13?,14?,15?,16+,17+,19+/m1/s1. The molecule has 4 aliphatic rings. The first kappa shape index (κ1) is 18.5. The van der Waals surface area contributed by atoms with Crippen LogP contribution in [0.25, 0.3) is 0 Å². The number of hydrogen-bond acceptors (Lipinski definition) is 5. The number of rotatable bonds is 3. The summed E-state index contributed by atoms with van der Waals surface area (Å²) in [4.78, 5) is 33.1. The van der Waals surface area contributed by atoms with Crippen LogP contribution in [-0.2, 0) is 4.79 Å². The maximum atomic E-state index is 13.4. The highest BCUT2D eigenvalue weighted by atomic mass is 19.1. The molecule has 1 saturated carbocycles. The van der Waals surface area contributed by atoms with E-state index in [1.807, 2.05) is 4.90 Å². The molecule has 3 saturated heterocycles. The summed E-state index contributed by atoms with van der Waals surface area (Å²) in [6.45, 7) is 0. The molecule has 5 rings (SSSR count). The third-order valence-corrected chi connectivity index (χ3v) is 7.28. The molecule has 2 unspecified atom stereocenters. The molecule has 2 amide bonds. The van der Waals surface area contributed by atoms with Crippen LogP contribution in [0.2, 0.25) is 0 Å². The van der Waals surface area contributed by atoms with Crippen molar-refractivity contribution >= 4 is 11.8 Å². The van der Waals surface area contributed by atoms with Crippen molar-refractivity contribution in [2.45, 2.75) is 68.7 Å². The van der Waals surface area contributed by atoms with E-state index in [1.54, 1.807) is 4.90 Å². The van der Waals surface area contributed by atoms with Gasteiger partial charge in [-0.15, -0.1) is 0 Å². The quantitative estimate of drug-likeness (QED) is 0.778. The Bertz CT molecular complexity index is 887. The van der Waals surface area contributed by atoms with E-state index in [-0.39, 0.29) is 41.9 Å². The molecule has 4 fully saturated rings. The maximum Gasteiger partial charge on any atom is 0.254 e. The average molecular weight is 397 g/mol. The Balaban J connectivity index is 1.29. The Morgan fingerprint density at radius 3 is 2.59 bits per heavy atom. The number of nitriles is 1. The first-order valence-corrected chi connectivity index (χ1v) is 10.4. The predicted molar refractivity (Wildman–Crippen MR) is 101 cm³/mol. The second kappa shape index (κ2) is 6.77. The van der Waals surface area contributed by atoms with Crippen LogP contribution in [-0.4, -0.2) is 56.8 Å². The second-order valence-corrected chi connectivity index (χ2v) is 8.91. The maximum absolute atomic E-state index is 13.4. The summed E-state index contributed by atoms with van der Waals surface area (Å²) < 4.78 is 13.4. The van der Waals surface area contributed by atoms with Gasteiger partial charge in [0.1, 0.15) is 6.04 Å². The number of amides is 2. The van der Waals surface area contributed by atoms with Gasteiger partial charge >= 0.3 is 0 Å². The Labute approximate surface area is 168 Å². The van der Waals surface area contributed by atoms with E-state index >= 15 is 0 Å². The molecule has 1 aliphatic carbocycles. The fourth-order valence-electron chi connectivity index (χ4n) is 5.79. The Hall–Kier alpha value is -2.53. The van der Waals surface area contributed by atoms with Gasteiger partial charge in [0.25, 0.3) is 5.91 Å². The van der Waals surface area contributed by atoms with Crippen molar-refractivity contribution in [3.05, 3.63) is 29.8 Å². The van der Waals surface area contributed by atoms with Crippen molar-refractivity contribution in [1.82, 2.24) is 14.8 Å². The fraction of sp³-hybridized carbons (Fsp3) is 0.619. The lowest BCUT2D eigenvalue weighted by atomic mass is 9.84. The van der Waals surface area contributed by atoms with E-state index in [4.69, 9.17) is 5.73 Å². The highest BCUT2D eigenvalue weighted by Gasteiger charge is 2.56. The van der Waals surface area contributed by atoms with Gasteiger partial charge in [-0.3, -0.25) is 9.59 Å². The van der Waals surface area contributed by atoms with Crippen LogP contribution >= 0.6 is 0 Å². The lowest BCUT2D eigenvalue weighted by Crippen LogP contribution is -2.55. The number of pyridine rings is 1. The minimum absolute atomic E-state index is 0.00429. The number of likely N-dealkylation sites (tertiary alicyclic amines) is 1. The molecule has 2 N–H and O–H groups in total. The first-order chi connectivity index (χ1) is 14.0. The Morgan fingerprint density at radius 2 is 1.93 bits per heavy atom. The summed E-state index contributed by atoms with van der Waals surface area (Å²) in [6, 6.07) is 4.19. The lowest BCUT2D eigenvalue weighted by Gasteiger charge is -2.41. The van der Waals surface area contributed by atoms with Crippen molar-refractivity contribution in [3.8, 4) is 6.07 Å². The molecule has 7 nitrogen and oxygen atoms in total. The minimum atomic E-state index is -0.665. The molecule has 29 heavy (non-hydrogen) atoms. The van der Waals surface area contributed by atoms with Gasteiger partial charge in [-0.2, -0.15) is 9.65 Å². The van der Waals surface area contributed by atoms with Crippen molar-refractivity contribution in [2.75, 3.05) is 0 Å². The molecule has 3 aliphatic heterocycles. The molecule has 0 radical (unpaired) electrons. The predicted octanol–water partition coefficient (Wildman–Crippen LogP) is 1.44. The van der Waals surface area contributed by atoms with Gasteiger partial charge in [0.2, 0.25) is 11.9 Å². The van der Waals surface area contributed by atoms with E-state index in [1.165, 1.54) is 18.3 Å². The van der Waals surface area contributed by atoms with Crippen molar-refractivity contribution < 1.29 is 14.0 Å². The Kier molecular flexibility index (Phi) is 4.32. The van der Waals surface area contributed by atoms with Gasteiger partial charge < -0.3 is 15.5 Å². The largest absolute Gasteiger partial charge is 0.333 e. The SMILES string of the molecule is N#C[C@@H]1C[C@@H]2C[C@@H]2N1C(=O)[C@@H](N)C1CC2CCC(C1)N2C(=O)c1ccnc(F)c1. The summed E-state index contributed by atoms with van der Waals surface area (Å²) in [5.41, 5.74) is 6.72. The van der Waals surface area contributed by atoms with Gasteiger partial charge in [-0.05, 0) is 56.4 Å². The summed E-state index contributed by atoms with van der Waals surface area (Å²) >= 11 is 0. The van der Waals surface area contributed by atoms with E-state index in [0.717, 1.165) is 25.7 Å². The summed E-state index contributed by atoms with van der Waals surface area (Å²) in [6.07, 6.45) is 6.13. The van der Waals surface area contributed by atoms with Crippen LogP contribution in [0.5, 0.6) is 0 Å². The van der Waals surface area contributed by atoms with Crippen LogP contribution in [0.3, 0.4) is 0 Å². The fourth-order valence-corrected chi connectivity index (χ4v) is 5.79. The molecule has 4 heterocycles. The molecular weight excluding hydrogens is 373 g/mol. The summed E-state index contributed by atoms with van der Waals surface area (Å²) in [5.74, 6) is -0.492. The first-order valence-electron chi connectivity index (χ1n) is 10.4. The number of fused-ring (bicyclic) bond motifs is 3. The smallest absolute Gasteiger partial charge is 0.254 e. The summed E-state index contributed by atoms with van der Waals surface area (Å²) in [7, 11) is 0. The molecule has 152 valence electrons. The Morgan fingerprint density at radius 1 is 1.21 bits per heavy atom. The number of aromatic nitrogens is 1. The van der Waals surface area contributed by atoms with Crippen molar-refractivity contribution in [1.29, 1.82) is 5.26 Å². The number of nitrogens with zero attached hydrogens (tertiary/aromatic N) is 4. The number of piperidine rings is 2. The number of carbonyl (C=O) groups excluding carboxylic acids is 2. The zero-order valence-electron chi connectivity index (χ0n) is 16.1. The lowest BCUT2D eigenvalue weighted by molar-refractivity contribution is -0.135. The van der Waals surface area contributed by atoms with Gasteiger partial charge in [0, 0.05) is 36.0 Å². The molecule has 0 spiro atoms. The molecule has 1 aromatic rings. The zero-order chi connectivity index (χ0) is 20.3. The normalized spacial score (nSPS) is 35.8. The van der Waals surface area contributed by atoms with Crippen LogP contribution in [0.15, 0.2) is 18.3 Å². The number of carbonyl (C=O) groups is 2. The average Bonchev–Trinajstić information content (AvgIpc) is 3.31. The number of hydrogen-bond donors (Lipinski definition) is 1. The van der Waals surface area contributed by atoms with Gasteiger partial charge in [-0.1, -0.05) is 0 Å². The topological polar surface area (TPSA) is 103 Å². The van der Waals surface area contributed by atoms with Crippen molar-refractivity contribution in [3.63, 3.8) is 0 Å². The third kappa shape index (κ3) is 2.99. The summed E-state index contributed by atoms with van der Waals surface area (Å²) in [5, 5.41) is 9.37. The second-order valence-electron chi connectivity index (χ2n) is 8.91. The monoisotopic (exact) mass is 397 g/mol. The highest BCUT2D eigenvalue weighted by Crippen LogP contribution is 2.48. The molecule has 1 aromatic heterocycles. The molecular formula is C21H24FN5O2. The van der Waals surface area contributed by atoms with Crippen LogP contribution in [0.4, 0.5) is 4.39 Å².